The van der Waals surface area contributed by atoms with Crippen LogP contribution in [0.25, 0.3) is 0 Å². The molecule has 1 aromatic heterocycles. The number of anilines is 2. The number of hydrogen-bond acceptors (Lipinski definition) is 4. The summed E-state index contributed by atoms with van der Waals surface area (Å²) in [5.41, 5.74) is 3.34. The number of rotatable bonds is 5. The van der Waals surface area contributed by atoms with E-state index in [1.54, 1.807) is 0 Å². The van der Waals surface area contributed by atoms with Crippen LogP contribution in [0.2, 0.25) is 5.02 Å². The van der Waals surface area contributed by atoms with Crippen LogP contribution in [0.4, 0.5) is 10.7 Å². The van der Waals surface area contributed by atoms with Gasteiger partial charge in [-0.25, -0.2) is 4.79 Å². The van der Waals surface area contributed by atoms with Crippen LogP contribution in [0.15, 0.2) is 54.6 Å². The topological polar surface area (TPSA) is 50.4 Å². The van der Waals surface area contributed by atoms with Crippen molar-refractivity contribution in [3.63, 3.8) is 0 Å². The molecule has 28 heavy (non-hydrogen) atoms. The minimum absolute atomic E-state index is 0.378. The van der Waals surface area contributed by atoms with Crippen molar-refractivity contribution < 1.29 is 9.53 Å². The van der Waals surface area contributed by atoms with E-state index in [1.165, 1.54) is 24.0 Å². The first-order chi connectivity index (χ1) is 13.5. The van der Waals surface area contributed by atoms with Crippen LogP contribution in [0.5, 0.6) is 0 Å². The number of benzene rings is 2. The zero-order valence-corrected chi connectivity index (χ0v) is 17.8. The average Bonchev–Trinajstić information content (AvgIpc) is 3.07. The molecule has 0 aliphatic carbocycles. The van der Waals surface area contributed by atoms with E-state index in [0.717, 1.165) is 22.5 Å². The lowest BCUT2D eigenvalue weighted by atomic mass is 10.1. The Morgan fingerprint density at radius 3 is 2.61 bits per heavy atom. The molecule has 0 aliphatic rings. The van der Waals surface area contributed by atoms with E-state index in [4.69, 9.17) is 28.6 Å². The van der Waals surface area contributed by atoms with Gasteiger partial charge < -0.3 is 15.4 Å². The van der Waals surface area contributed by atoms with Crippen LogP contribution < -0.4 is 10.6 Å². The standard InChI is InChI=1S/C21H19ClN2O2S2/c1-13-17(22)9-6-10-18(13)23-21(27)24-19-16(20(25)26-2)12-15(28-19)11-14-7-4-3-5-8-14/h3-10,12H,11H2,1-2H3,(H2,23,24,27). The number of ether oxygens (including phenoxy) is 1. The number of halogens is 1. The number of methoxy groups -OCH3 is 1. The van der Waals surface area contributed by atoms with E-state index in [-0.39, 0.29) is 0 Å². The van der Waals surface area contributed by atoms with Crippen LogP contribution in [0, 0.1) is 6.92 Å². The molecule has 7 heteroatoms. The Labute approximate surface area is 178 Å². The lowest BCUT2D eigenvalue weighted by molar-refractivity contribution is 0.0602. The Kier molecular flexibility index (Phi) is 6.67. The van der Waals surface area contributed by atoms with Gasteiger partial charge in [0.15, 0.2) is 5.11 Å². The number of thiophene rings is 1. The van der Waals surface area contributed by atoms with E-state index in [9.17, 15) is 4.79 Å². The predicted molar refractivity (Wildman–Crippen MR) is 121 cm³/mol. The fraction of sp³-hybridized carbons (Fsp3) is 0.143. The van der Waals surface area contributed by atoms with E-state index in [1.807, 2.05) is 49.4 Å². The van der Waals surface area contributed by atoms with Gasteiger partial charge in [0.2, 0.25) is 0 Å². The summed E-state index contributed by atoms with van der Waals surface area (Å²) in [4.78, 5) is 13.2. The Hall–Kier alpha value is -2.41. The highest BCUT2D eigenvalue weighted by atomic mass is 35.5. The molecule has 4 nitrogen and oxygen atoms in total. The van der Waals surface area contributed by atoms with Crippen molar-refractivity contribution >= 4 is 56.9 Å². The quantitative estimate of drug-likeness (QED) is 0.390. The smallest absolute Gasteiger partial charge is 0.340 e. The van der Waals surface area contributed by atoms with Crippen molar-refractivity contribution in [1.82, 2.24) is 0 Å². The number of nitrogens with one attached hydrogen (secondary N) is 2. The molecule has 2 aromatic carbocycles. The maximum Gasteiger partial charge on any atom is 0.340 e. The maximum atomic E-state index is 12.2. The number of hydrogen-bond donors (Lipinski definition) is 2. The largest absolute Gasteiger partial charge is 0.465 e. The molecular weight excluding hydrogens is 412 g/mol. The van der Waals surface area contributed by atoms with Gasteiger partial charge in [-0.3, -0.25) is 0 Å². The molecule has 0 amide bonds. The molecule has 3 aromatic rings. The summed E-state index contributed by atoms with van der Waals surface area (Å²) in [5.74, 6) is -0.403. The molecule has 0 bridgehead atoms. The molecule has 0 fully saturated rings. The summed E-state index contributed by atoms with van der Waals surface area (Å²) >= 11 is 13.1. The van der Waals surface area contributed by atoms with Gasteiger partial charge in [0.1, 0.15) is 5.00 Å². The van der Waals surface area contributed by atoms with Crippen LogP contribution in [0.1, 0.15) is 26.4 Å². The van der Waals surface area contributed by atoms with Gasteiger partial charge in [-0.1, -0.05) is 48.0 Å². The molecule has 2 N–H and O–H groups in total. The molecule has 0 aliphatic heterocycles. The third kappa shape index (κ3) is 4.90. The van der Waals surface area contributed by atoms with Gasteiger partial charge in [-0.05, 0) is 48.5 Å². The summed E-state index contributed by atoms with van der Waals surface area (Å²) in [5, 5.41) is 7.94. The van der Waals surface area contributed by atoms with Crippen molar-refractivity contribution in [2.75, 3.05) is 17.7 Å². The van der Waals surface area contributed by atoms with Crippen molar-refractivity contribution in [2.24, 2.45) is 0 Å². The van der Waals surface area contributed by atoms with Gasteiger partial charge in [0.05, 0.1) is 12.7 Å². The number of carbonyl (C=O) groups excluding carboxylic acids is 1. The van der Waals surface area contributed by atoms with Crippen LogP contribution in [-0.2, 0) is 11.2 Å². The van der Waals surface area contributed by atoms with E-state index < -0.39 is 5.97 Å². The van der Waals surface area contributed by atoms with Crippen molar-refractivity contribution in [3.8, 4) is 0 Å². The van der Waals surface area contributed by atoms with Crippen LogP contribution in [0.3, 0.4) is 0 Å². The van der Waals surface area contributed by atoms with Crippen molar-refractivity contribution in [3.05, 3.63) is 81.2 Å². The fourth-order valence-corrected chi connectivity index (χ4v) is 4.21. The van der Waals surface area contributed by atoms with E-state index in [0.29, 0.717) is 20.7 Å². The monoisotopic (exact) mass is 430 g/mol. The highest BCUT2D eigenvalue weighted by molar-refractivity contribution is 7.80. The second-order valence-corrected chi connectivity index (χ2v) is 8.05. The number of carbonyl (C=O) groups is 1. The summed E-state index contributed by atoms with van der Waals surface area (Å²) in [7, 11) is 1.37. The lowest BCUT2D eigenvalue weighted by Crippen LogP contribution is -2.20. The van der Waals surface area contributed by atoms with E-state index >= 15 is 0 Å². The molecule has 144 valence electrons. The summed E-state index contributed by atoms with van der Waals surface area (Å²) in [6.07, 6.45) is 0.727. The first-order valence-electron chi connectivity index (χ1n) is 8.56. The van der Waals surface area contributed by atoms with E-state index in [2.05, 4.69) is 22.8 Å². The van der Waals surface area contributed by atoms with Gasteiger partial charge in [-0.15, -0.1) is 11.3 Å². The molecule has 0 unspecified atom stereocenters. The highest BCUT2D eigenvalue weighted by Gasteiger charge is 2.18. The minimum atomic E-state index is -0.403. The third-order valence-corrected chi connectivity index (χ3v) is 5.82. The maximum absolute atomic E-state index is 12.2. The molecule has 1 heterocycles. The van der Waals surface area contributed by atoms with Gasteiger partial charge >= 0.3 is 5.97 Å². The van der Waals surface area contributed by atoms with Gasteiger partial charge in [0.25, 0.3) is 0 Å². The Morgan fingerprint density at radius 1 is 1.14 bits per heavy atom. The molecule has 0 atom stereocenters. The number of esters is 1. The normalized spacial score (nSPS) is 10.4. The second kappa shape index (κ2) is 9.19. The van der Waals surface area contributed by atoms with Crippen LogP contribution >= 0.6 is 35.2 Å². The number of thiocarbonyl (C=S) groups is 1. The predicted octanol–water partition coefficient (Wildman–Crippen LogP) is 5.90. The first kappa shape index (κ1) is 20.3. The lowest BCUT2D eigenvalue weighted by Gasteiger charge is -2.13. The summed E-state index contributed by atoms with van der Waals surface area (Å²) in [6, 6.07) is 17.5. The third-order valence-electron chi connectivity index (χ3n) is 4.15. The molecule has 0 radical (unpaired) electrons. The zero-order valence-electron chi connectivity index (χ0n) is 15.4. The molecule has 3 rings (SSSR count). The van der Waals surface area contributed by atoms with Crippen LogP contribution in [-0.4, -0.2) is 18.2 Å². The molecular formula is C21H19ClN2O2S2. The average molecular weight is 431 g/mol. The fourth-order valence-electron chi connectivity index (χ4n) is 2.68. The van der Waals surface area contributed by atoms with Crippen molar-refractivity contribution in [1.29, 1.82) is 0 Å². The molecule has 0 spiro atoms. The molecule has 0 saturated heterocycles. The summed E-state index contributed by atoms with van der Waals surface area (Å²) in [6.45, 7) is 1.91. The Bertz CT molecular complexity index is 1000. The van der Waals surface area contributed by atoms with Gasteiger partial charge in [-0.2, -0.15) is 0 Å². The zero-order chi connectivity index (χ0) is 20.1. The first-order valence-corrected chi connectivity index (χ1v) is 10.2. The minimum Gasteiger partial charge on any atom is -0.465 e. The Balaban J connectivity index is 1.80. The second-order valence-electron chi connectivity index (χ2n) is 6.10. The molecule has 0 saturated carbocycles. The summed E-state index contributed by atoms with van der Waals surface area (Å²) < 4.78 is 4.92. The Morgan fingerprint density at radius 2 is 1.89 bits per heavy atom. The SMILES string of the molecule is COC(=O)c1cc(Cc2ccccc2)sc1NC(=S)Nc1cccc(Cl)c1C. The van der Waals surface area contributed by atoms with Gasteiger partial charge in [0, 0.05) is 22.0 Å². The van der Waals surface area contributed by atoms with Crippen molar-refractivity contribution in [2.45, 2.75) is 13.3 Å². The highest BCUT2D eigenvalue weighted by Crippen LogP contribution is 2.31.